The first kappa shape index (κ1) is 19.7. The molecule has 0 aliphatic heterocycles. The number of anilines is 1. The molecule has 0 aliphatic rings. The number of hydrogen-bond acceptors (Lipinski definition) is 7. The van der Waals surface area contributed by atoms with E-state index < -0.39 is 11.9 Å². The van der Waals surface area contributed by atoms with Gasteiger partial charge in [0.25, 0.3) is 11.1 Å². The molecule has 28 heavy (non-hydrogen) atoms. The summed E-state index contributed by atoms with van der Waals surface area (Å²) in [6.45, 7) is 1.67. The van der Waals surface area contributed by atoms with E-state index in [9.17, 15) is 9.18 Å². The van der Waals surface area contributed by atoms with Gasteiger partial charge in [-0.05, 0) is 43.3 Å². The van der Waals surface area contributed by atoms with Crippen molar-refractivity contribution in [2.45, 2.75) is 18.3 Å². The van der Waals surface area contributed by atoms with Crippen LogP contribution in [0.15, 0.2) is 58.2 Å². The second-order valence-electron chi connectivity index (χ2n) is 5.66. The fourth-order valence-corrected chi connectivity index (χ4v) is 2.79. The molecule has 1 N–H and O–H groups in total. The van der Waals surface area contributed by atoms with Gasteiger partial charge in [0.2, 0.25) is 5.91 Å². The van der Waals surface area contributed by atoms with Gasteiger partial charge < -0.3 is 19.2 Å². The quantitative estimate of drug-likeness (QED) is 0.567. The van der Waals surface area contributed by atoms with Gasteiger partial charge in [-0.15, -0.1) is 10.2 Å². The zero-order chi connectivity index (χ0) is 19.9. The summed E-state index contributed by atoms with van der Waals surface area (Å²) in [6.07, 6.45) is -0.633. The van der Waals surface area contributed by atoms with Crippen LogP contribution in [-0.2, 0) is 4.79 Å². The fraction of sp³-hybridized carbons (Fsp3) is 0.211. The molecule has 0 aliphatic carbocycles. The maximum absolute atomic E-state index is 13.7. The van der Waals surface area contributed by atoms with Crippen LogP contribution in [0.25, 0.3) is 0 Å². The van der Waals surface area contributed by atoms with Gasteiger partial charge in [0, 0.05) is 5.69 Å². The zero-order valence-electron chi connectivity index (χ0n) is 15.2. The van der Waals surface area contributed by atoms with Gasteiger partial charge in [-0.2, -0.15) is 0 Å². The Balaban J connectivity index is 1.51. The van der Waals surface area contributed by atoms with E-state index in [1.54, 1.807) is 50.4 Å². The first-order valence-corrected chi connectivity index (χ1v) is 9.35. The lowest BCUT2D eigenvalue weighted by Gasteiger charge is -2.11. The largest absolute Gasteiger partial charge is 0.497 e. The van der Waals surface area contributed by atoms with Crippen molar-refractivity contribution >= 4 is 23.4 Å². The fourth-order valence-electron chi connectivity index (χ4n) is 2.22. The molecule has 1 atom stereocenters. The first-order valence-electron chi connectivity index (χ1n) is 8.36. The number of para-hydroxylation sites is 1. The third kappa shape index (κ3) is 5.23. The number of nitrogens with one attached hydrogen (secondary N) is 1. The van der Waals surface area contributed by atoms with Crippen LogP contribution in [0.1, 0.15) is 18.9 Å². The number of rotatable bonds is 8. The van der Waals surface area contributed by atoms with E-state index in [2.05, 4.69) is 15.5 Å². The minimum absolute atomic E-state index is 0.0935. The van der Waals surface area contributed by atoms with Crippen LogP contribution in [0.2, 0.25) is 0 Å². The van der Waals surface area contributed by atoms with Gasteiger partial charge in [-0.25, -0.2) is 4.39 Å². The van der Waals surface area contributed by atoms with E-state index in [0.717, 1.165) is 11.8 Å². The van der Waals surface area contributed by atoms with Crippen molar-refractivity contribution in [2.75, 3.05) is 18.2 Å². The first-order chi connectivity index (χ1) is 13.5. The highest BCUT2D eigenvalue weighted by molar-refractivity contribution is 7.99. The summed E-state index contributed by atoms with van der Waals surface area (Å²) in [7, 11) is 1.57. The van der Waals surface area contributed by atoms with Gasteiger partial charge in [-0.3, -0.25) is 4.79 Å². The molecular weight excluding hydrogens is 385 g/mol. The molecule has 0 fully saturated rings. The lowest BCUT2D eigenvalue weighted by Crippen LogP contribution is -2.13. The second-order valence-corrected chi connectivity index (χ2v) is 6.59. The van der Waals surface area contributed by atoms with Crippen molar-refractivity contribution in [3.05, 3.63) is 60.2 Å². The van der Waals surface area contributed by atoms with Crippen LogP contribution in [0.4, 0.5) is 10.1 Å². The predicted octanol–water partition coefficient (Wildman–Crippen LogP) is 4.09. The number of thioether (sulfide) groups is 1. The number of carbonyl (C=O) groups is 1. The lowest BCUT2D eigenvalue weighted by molar-refractivity contribution is -0.113. The van der Waals surface area contributed by atoms with Crippen LogP contribution in [0.5, 0.6) is 11.5 Å². The average molecular weight is 403 g/mol. The van der Waals surface area contributed by atoms with Crippen molar-refractivity contribution in [1.82, 2.24) is 10.2 Å². The molecule has 0 saturated carbocycles. The molecule has 0 saturated heterocycles. The molecule has 1 aromatic heterocycles. The number of ether oxygens (including phenoxy) is 2. The van der Waals surface area contributed by atoms with E-state index >= 15 is 0 Å². The number of carbonyl (C=O) groups excluding carboxylic acids is 1. The number of halogens is 1. The molecule has 1 amide bonds. The SMILES string of the molecule is COc1ccc(NC(=O)CSc2nnc([C@@H](C)Oc3ccccc3F)o2)cc1. The third-order valence-electron chi connectivity index (χ3n) is 3.61. The van der Waals surface area contributed by atoms with Crippen molar-refractivity contribution in [3.63, 3.8) is 0 Å². The molecule has 3 aromatic rings. The Morgan fingerprint density at radius 2 is 1.96 bits per heavy atom. The number of amides is 1. The van der Waals surface area contributed by atoms with Gasteiger partial charge >= 0.3 is 0 Å². The van der Waals surface area contributed by atoms with Crippen molar-refractivity contribution in [1.29, 1.82) is 0 Å². The molecule has 0 spiro atoms. The van der Waals surface area contributed by atoms with Crippen molar-refractivity contribution in [2.24, 2.45) is 0 Å². The van der Waals surface area contributed by atoms with Gasteiger partial charge in [0.15, 0.2) is 17.7 Å². The molecule has 0 radical (unpaired) electrons. The zero-order valence-corrected chi connectivity index (χ0v) is 16.0. The molecule has 1 heterocycles. The van der Waals surface area contributed by atoms with E-state index in [1.165, 1.54) is 12.1 Å². The maximum Gasteiger partial charge on any atom is 0.277 e. The molecule has 146 valence electrons. The highest BCUT2D eigenvalue weighted by Gasteiger charge is 2.18. The number of nitrogens with zero attached hydrogens (tertiary/aromatic N) is 2. The van der Waals surface area contributed by atoms with Crippen LogP contribution in [-0.4, -0.2) is 29.0 Å². The average Bonchev–Trinajstić information content (AvgIpc) is 3.18. The molecule has 0 bridgehead atoms. The number of aromatic nitrogens is 2. The van der Waals surface area contributed by atoms with Crippen LogP contribution in [0.3, 0.4) is 0 Å². The molecule has 7 nitrogen and oxygen atoms in total. The van der Waals surface area contributed by atoms with Crippen LogP contribution in [0, 0.1) is 5.82 Å². The molecule has 2 aromatic carbocycles. The Morgan fingerprint density at radius 1 is 1.21 bits per heavy atom. The van der Waals surface area contributed by atoms with Crippen LogP contribution < -0.4 is 14.8 Å². The summed E-state index contributed by atoms with van der Waals surface area (Å²) >= 11 is 1.10. The Hall–Kier alpha value is -3.07. The van der Waals surface area contributed by atoms with Gasteiger partial charge in [0.05, 0.1) is 12.9 Å². The van der Waals surface area contributed by atoms with E-state index in [0.29, 0.717) is 11.4 Å². The van der Waals surface area contributed by atoms with Crippen LogP contribution >= 0.6 is 11.8 Å². The summed E-state index contributed by atoms with van der Waals surface area (Å²) in [4.78, 5) is 12.0. The topological polar surface area (TPSA) is 86.5 Å². The molecule has 3 rings (SSSR count). The van der Waals surface area contributed by atoms with Crippen molar-refractivity contribution < 1.29 is 23.1 Å². The summed E-state index contributed by atoms with van der Waals surface area (Å²) in [6, 6.07) is 13.1. The summed E-state index contributed by atoms with van der Waals surface area (Å²) in [5.41, 5.74) is 0.657. The van der Waals surface area contributed by atoms with E-state index in [1.807, 2.05) is 0 Å². The van der Waals surface area contributed by atoms with Gasteiger partial charge in [0.1, 0.15) is 5.75 Å². The smallest absolute Gasteiger partial charge is 0.277 e. The second kappa shape index (κ2) is 9.23. The number of benzene rings is 2. The monoisotopic (exact) mass is 403 g/mol. The predicted molar refractivity (Wildman–Crippen MR) is 102 cm³/mol. The molecular formula is C19H18FN3O4S. The van der Waals surface area contributed by atoms with Crippen molar-refractivity contribution in [3.8, 4) is 11.5 Å². The minimum atomic E-state index is -0.633. The number of hydrogen-bond donors (Lipinski definition) is 1. The van der Waals surface area contributed by atoms with Gasteiger partial charge in [-0.1, -0.05) is 23.9 Å². The Bertz CT molecular complexity index is 933. The minimum Gasteiger partial charge on any atom is -0.497 e. The molecule has 0 unspecified atom stereocenters. The summed E-state index contributed by atoms with van der Waals surface area (Å²) in [5.74, 6) is 0.403. The van der Waals surface area contributed by atoms with E-state index in [-0.39, 0.29) is 28.5 Å². The highest BCUT2D eigenvalue weighted by atomic mass is 32.2. The normalized spacial score (nSPS) is 11.7. The maximum atomic E-state index is 13.7. The third-order valence-corrected chi connectivity index (χ3v) is 4.43. The lowest BCUT2D eigenvalue weighted by atomic mass is 10.3. The Morgan fingerprint density at radius 3 is 2.68 bits per heavy atom. The Kier molecular flexibility index (Phi) is 6.49. The highest BCUT2D eigenvalue weighted by Crippen LogP contribution is 2.25. The summed E-state index contributed by atoms with van der Waals surface area (Å²) < 4.78 is 29.7. The van der Waals surface area contributed by atoms with E-state index in [4.69, 9.17) is 13.9 Å². The molecule has 9 heteroatoms. The summed E-state index contributed by atoms with van der Waals surface area (Å²) in [5, 5.41) is 10.8. The Labute approximate surface area is 165 Å². The number of methoxy groups -OCH3 is 1. The standard InChI is InChI=1S/C19H18FN3O4S/c1-12(26-16-6-4-3-5-15(16)20)18-22-23-19(27-18)28-11-17(24)21-13-7-9-14(25-2)10-8-13/h3-10,12H,11H2,1-2H3,(H,21,24)/t12-/m1/s1.